The summed E-state index contributed by atoms with van der Waals surface area (Å²) in [6.45, 7) is 7.63. The summed E-state index contributed by atoms with van der Waals surface area (Å²) >= 11 is 0. The van der Waals surface area contributed by atoms with E-state index in [-0.39, 0.29) is 23.4 Å². The number of nitrogens with one attached hydrogen (secondary N) is 2. The predicted octanol–water partition coefficient (Wildman–Crippen LogP) is 6.82. The second-order valence-electron chi connectivity index (χ2n) is 10.2. The molecule has 3 N–H and O–H groups in total. The molecule has 6 nitrogen and oxygen atoms in total. The molecule has 198 valence electrons. The summed E-state index contributed by atoms with van der Waals surface area (Å²) in [6.07, 6.45) is 3.17. The lowest BCUT2D eigenvalue weighted by Gasteiger charge is -2.35. The molecule has 2 atom stereocenters. The highest BCUT2D eigenvalue weighted by molar-refractivity contribution is 6.02. The van der Waals surface area contributed by atoms with Crippen LogP contribution in [0.5, 0.6) is 5.75 Å². The second kappa shape index (κ2) is 10.5. The Morgan fingerprint density at radius 3 is 2.54 bits per heavy atom. The van der Waals surface area contributed by atoms with E-state index in [1.807, 2.05) is 18.2 Å². The van der Waals surface area contributed by atoms with Crippen molar-refractivity contribution in [1.29, 1.82) is 0 Å². The molecule has 1 aliphatic carbocycles. The van der Waals surface area contributed by atoms with Crippen molar-refractivity contribution in [3.8, 4) is 17.1 Å². The van der Waals surface area contributed by atoms with E-state index in [2.05, 4.69) is 24.1 Å². The first-order chi connectivity index (χ1) is 17.6. The zero-order valence-electron chi connectivity index (χ0n) is 22.1. The van der Waals surface area contributed by atoms with Gasteiger partial charge < -0.3 is 15.3 Å². The summed E-state index contributed by atoms with van der Waals surface area (Å²) in [6, 6.07) is 11.4. The van der Waals surface area contributed by atoms with Crippen LogP contribution in [0, 0.1) is 18.8 Å². The first-order valence-corrected chi connectivity index (χ1v) is 12.9. The van der Waals surface area contributed by atoms with Gasteiger partial charge in [-0.25, -0.2) is 13.8 Å². The number of benzene rings is 2. The summed E-state index contributed by atoms with van der Waals surface area (Å²) in [5.41, 5.74) is 2.31. The molecule has 0 saturated heterocycles. The number of ether oxygens (including phenoxy) is 1. The van der Waals surface area contributed by atoms with Crippen LogP contribution in [0.25, 0.3) is 11.4 Å². The molecule has 2 aromatic carbocycles. The number of carbonyl (C=O) groups excluding carboxylic acids is 1. The minimum atomic E-state index is -2.99. The fourth-order valence-electron chi connectivity index (χ4n) is 5.68. The van der Waals surface area contributed by atoms with E-state index in [9.17, 15) is 18.8 Å². The third-order valence-corrected chi connectivity index (χ3v) is 7.69. The molecule has 1 aromatic heterocycles. The lowest BCUT2D eigenvalue weighted by molar-refractivity contribution is -0.896. The van der Waals surface area contributed by atoms with Crippen LogP contribution in [-0.4, -0.2) is 23.2 Å². The largest absolute Gasteiger partial charge is 0.496 e. The Labute approximate surface area is 216 Å². The molecule has 1 aliphatic rings. The number of halogens is 2. The lowest BCUT2D eigenvalue weighted by atomic mass is 9.70. The Bertz CT molecular complexity index is 1280. The Morgan fingerprint density at radius 1 is 1.19 bits per heavy atom. The van der Waals surface area contributed by atoms with Crippen LogP contribution in [0.3, 0.4) is 0 Å². The number of aryl methyl sites for hydroxylation is 1. The fraction of sp³-hybridized carbons (Fsp3) is 0.448. The van der Waals surface area contributed by atoms with Crippen molar-refractivity contribution in [1.82, 2.24) is 4.98 Å². The van der Waals surface area contributed by atoms with Crippen LogP contribution >= 0.6 is 0 Å². The molecule has 0 aliphatic heterocycles. The maximum absolute atomic E-state index is 14.1. The number of rotatable bonds is 7. The van der Waals surface area contributed by atoms with Crippen molar-refractivity contribution in [3.63, 3.8) is 0 Å². The third-order valence-electron chi connectivity index (χ3n) is 7.69. The van der Waals surface area contributed by atoms with Crippen LogP contribution in [0.15, 0.2) is 42.5 Å². The molecular weight excluding hydrogens is 476 g/mol. The first-order valence-electron chi connectivity index (χ1n) is 12.9. The van der Waals surface area contributed by atoms with Gasteiger partial charge in [0.15, 0.2) is 5.69 Å². The molecule has 4 rings (SSSR count). The maximum Gasteiger partial charge on any atom is 0.327 e. The number of imidazole rings is 1. The van der Waals surface area contributed by atoms with Crippen molar-refractivity contribution in [2.75, 3.05) is 12.4 Å². The van der Waals surface area contributed by atoms with Gasteiger partial charge in [0.2, 0.25) is 0 Å². The Hall–Kier alpha value is -3.42. The molecular formula is C29H36F2N3O3+. The summed E-state index contributed by atoms with van der Waals surface area (Å²) in [5.74, 6) is -1.12. The molecule has 2 unspecified atom stereocenters. The zero-order chi connectivity index (χ0) is 26.9. The van der Waals surface area contributed by atoms with Crippen molar-refractivity contribution in [2.45, 2.75) is 65.2 Å². The van der Waals surface area contributed by atoms with Gasteiger partial charge in [-0.15, -0.1) is 0 Å². The SMILES string of the molecule is CCC(F)(F)c1cccc(NC(=O)c2c(C)[nH]c(-c3ccc(OC)c(C4C(C)CCCC4C)c3)[n+]2O)c1. The van der Waals surface area contributed by atoms with Crippen LogP contribution in [-0.2, 0) is 5.92 Å². The number of methoxy groups -OCH3 is 1. The topological polar surface area (TPSA) is 78.2 Å². The minimum absolute atomic E-state index is 0.000532. The van der Waals surface area contributed by atoms with Gasteiger partial charge in [-0.1, -0.05) is 52.2 Å². The average Bonchev–Trinajstić information content (AvgIpc) is 3.17. The van der Waals surface area contributed by atoms with Crippen molar-refractivity contribution < 1.29 is 28.2 Å². The van der Waals surface area contributed by atoms with Crippen LogP contribution in [0.1, 0.15) is 79.7 Å². The standard InChI is InChI=1S/C29H35F2N3O3/c1-6-29(30,31)21-11-8-12-22(16-21)33-28(35)26-19(4)32-27(34(26)36)20-13-14-24(37-5)23(15-20)25-17(2)9-7-10-18(25)3/h8,11-18,25,36H,6-7,9-10H2,1-5H3,(H,33,35)/p+1. The number of alkyl halides is 2. The number of hydrogen-bond acceptors (Lipinski definition) is 3. The number of H-pyrrole nitrogens is 1. The smallest absolute Gasteiger partial charge is 0.327 e. The van der Waals surface area contributed by atoms with E-state index in [1.54, 1.807) is 20.1 Å². The Balaban J connectivity index is 1.67. The van der Waals surface area contributed by atoms with E-state index < -0.39 is 11.8 Å². The van der Waals surface area contributed by atoms with Crippen LogP contribution < -0.4 is 14.8 Å². The van der Waals surface area contributed by atoms with E-state index in [4.69, 9.17) is 4.74 Å². The van der Waals surface area contributed by atoms with Gasteiger partial charge in [-0.3, -0.25) is 4.79 Å². The maximum atomic E-state index is 14.1. The average molecular weight is 513 g/mol. The minimum Gasteiger partial charge on any atom is -0.496 e. The summed E-state index contributed by atoms with van der Waals surface area (Å²) in [4.78, 5) is 16.2. The fourth-order valence-corrected chi connectivity index (χ4v) is 5.68. The van der Waals surface area contributed by atoms with E-state index in [0.29, 0.717) is 29.3 Å². The highest BCUT2D eigenvalue weighted by atomic mass is 19.3. The molecule has 1 heterocycles. The van der Waals surface area contributed by atoms with Gasteiger partial charge in [-0.05, 0) is 58.4 Å². The van der Waals surface area contributed by atoms with E-state index >= 15 is 0 Å². The summed E-state index contributed by atoms with van der Waals surface area (Å²) in [5, 5.41) is 13.7. The first kappa shape index (κ1) is 26.6. The van der Waals surface area contributed by atoms with Gasteiger partial charge in [0.25, 0.3) is 11.6 Å². The molecule has 8 heteroatoms. The molecule has 3 aromatic rings. The zero-order valence-corrected chi connectivity index (χ0v) is 22.1. The molecule has 1 saturated carbocycles. The van der Waals surface area contributed by atoms with Crippen LogP contribution in [0.4, 0.5) is 14.5 Å². The van der Waals surface area contributed by atoms with Crippen LogP contribution in [0.2, 0.25) is 0 Å². The van der Waals surface area contributed by atoms with E-state index in [1.165, 1.54) is 31.5 Å². The van der Waals surface area contributed by atoms with Gasteiger partial charge >= 0.3 is 11.7 Å². The molecule has 0 radical (unpaired) electrons. The summed E-state index contributed by atoms with van der Waals surface area (Å²) < 4.78 is 34.8. The molecule has 1 amide bonds. The van der Waals surface area contributed by atoms with Gasteiger partial charge in [0.05, 0.1) is 12.7 Å². The van der Waals surface area contributed by atoms with Gasteiger partial charge in [0, 0.05) is 24.6 Å². The second-order valence-corrected chi connectivity index (χ2v) is 10.2. The molecule has 0 bridgehead atoms. The van der Waals surface area contributed by atoms with Gasteiger partial charge in [0.1, 0.15) is 5.75 Å². The number of amides is 1. The third kappa shape index (κ3) is 5.20. The highest BCUT2D eigenvalue weighted by Crippen LogP contribution is 2.45. The molecule has 1 fully saturated rings. The monoisotopic (exact) mass is 512 g/mol. The van der Waals surface area contributed by atoms with Crippen molar-refractivity contribution in [3.05, 3.63) is 65.0 Å². The number of nitrogens with zero attached hydrogens (tertiary/aromatic N) is 1. The summed E-state index contributed by atoms with van der Waals surface area (Å²) in [7, 11) is 1.66. The normalized spacial score (nSPS) is 20.0. The highest BCUT2D eigenvalue weighted by Gasteiger charge is 2.34. The Kier molecular flexibility index (Phi) is 7.57. The number of anilines is 1. The number of aromatic nitrogens is 2. The number of carbonyl (C=O) groups is 1. The number of aromatic amines is 1. The number of hydrogen-bond donors (Lipinski definition) is 3. The molecule has 37 heavy (non-hydrogen) atoms. The van der Waals surface area contributed by atoms with Crippen molar-refractivity contribution >= 4 is 11.6 Å². The van der Waals surface area contributed by atoms with E-state index in [0.717, 1.165) is 34.4 Å². The van der Waals surface area contributed by atoms with Gasteiger partial charge in [-0.2, -0.15) is 0 Å². The predicted molar refractivity (Wildman–Crippen MR) is 138 cm³/mol. The Morgan fingerprint density at radius 2 is 1.89 bits per heavy atom. The van der Waals surface area contributed by atoms with Crippen molar-refractivity contribution in [2.24, 2.45) is 11.8 Å². The molecule has 0 spiro atoms. The quantitative estimate of drug-likeness (QED) is 0.240. The lowest BCUT2D eigenvalue weighted by Crippen LogP contribution is -2.39.